The van der Waals surface area contributed by atoms with Gasteiger partial charge in [-0.15, -0.1) is 0 Å². The number of rotatable bonds is 1. The minimum Gasteiger partial charge on any atom is -0.391 e. The number of piperidine rings is 1. The molecule has 0 bridgehead atoms. The Morgan fingerprint density at radius 1 is 1.57 bits per heavy atom. The maximum Gasteiger partial charge on any atom is 0.226 e. The molecule has 1 aromatic rings. The van der Waals surface area contributed by atoms with Crippen molar-refractivity contribution in [3.63, 3.8) is 0 Å². The highest BCUT2D eigenvalue weighted by Gasteiger charge is 2.19. The van der Waals surface area contributed by atoms with Gasteiger partial charge in [0, 0.05) is 19.3 Å². The molecule has 14 heavy (non-hydrogen) atoms. The summed E-state index contributed by atoms with van der Waals surface area (Å²) < 4.78 is 0. The van der Waals surface area contributed by atoms with Crippen LogP contribution in [-0.4, -0.2) is 34.3 Å². The van der Waals surface area contributed by atoms with Gasteiger partial charge in [0.05, 0.1) is 6.10 Å². The number of aromatic nitrogens is 2. The van der Waals surface area contributed by atoms with Crippen molar-refractivity contribution in [3.8, 4) is 0 Å². The van der Waals surface area contributed by atoms with Crippen LogP contribution in [0.5, 0.6) is 0 Å². The van der Waals surface area contributed by atoms with E-state index in [0.717, 1.165) is 19.4 Å². The smallest absolute Gasteiger partial charge is 0.226 e. The zero-order chi connectivity index (χ0) is 9.97. The first-order valence-corrected chi connectivity index (χ1v) is 5.05. The van der Waals surface area contributed by atoms with Crippen LogP contribution in [0, 0.1) is 0 Å². The van der Waals surface area contributed by atoms with E-state index in [1.165, 1.54) is 0 Å². The van der Waals surface area contributed by atoms with Gasteiger partial charge >= 0.3 is 0 Å². The summed E-state index contributed by atoms with van der Waals surface area (Å²) in [5.41, 5.74) is 0. The molecule has 2 heterocycles. The molecule has 0 saturated carbocycles. The van der Waals surface area contributed by atoms with Crippen LogP contribution >= 0.6 is 11.6 Å². The van der Waals surface area contributed by atoms with E-state index in [4.69, 9.17) is 11.6 Å². The number of aliphatic hydroxyl groups is 1. The number of anilines is 1. The van der Waals surface area contributed by atoms with Gasteiger partial charge in [-0.2, -0.15) is 0 Å². The number of hydrogen-bond acceptors (Lipinski definition) is 4. The highest BCUT2D eigenvalue weighted by Crippen LogP contribution is 2.16. The van der Waals surface area contributed by atoms with Crippen molar-refractivity contribution in [2.24, 2.45) is 0 Å². The molecular weight excluding hydrogens is 202 g/mol. The molecule has 1 aliphatic heterocycles. The topological polar surface area (TPSA) is 49.2 Å². The molecule has 1 unspecified atom stereocenters. The SMILES string of the molecule is OC1CCCN(c2nccc(Cl)n2)C1. The van der Waals surface area contributed by atoms with Gasteiger partial charge in [0.25, 0.3) is 0 Å². The Kier molecular flexibility index (Phi) is 2.84. The summed E-state index contributed by atoms with van der Waals surface area (Å²) in [5.74, 6) is 0.608. The largest absolute Gasteiger partial charge is 0.391 e. The van der Waals surface area contributed by atoms with Crippen LogP contribution in [-0.2, 0) is 0 Å². The second-order valence-corrected chi connectivity index (χ2v) is 3.81. The Bertz CT molecular complexity index is 321. The fourth-order valence-electron chi connectivity index (χ4n) is 1.62. The summed E-state index contributed by atoms with van der Waals surface area (Å²) in [7, 11) is 0. The molecule has 0 radical (unpaired) electrons. The molecule has 1 fully saturated rings. The number of aliphatic hydroxyl groups excluding tert-OH is 1. The maximum absolute atomic E-state index is 9.48. The van der Waals surface area contributed by atoms with Crippen molar-refractivity contribution in [1.82, 2.24) is 9.97 Å². The second kappa shape index (κ2) is 4.11. The molecule has 4 nitrogen and oxygen atoms in total. The van der Waals surface area contributed by atoms with Gasteiger partial charge in [-0.25, -0.2) is 9.97 Å². The van der Waals surface area contributed by atoms with Crippen LogP contribution in [0.2, 0.25) is 5.15 Å². The zero-order valence-electron chi connectivity index (χ0n) is 7.73. The molecule has 5 heteroatoms. The van der Waals surface area contributed by atoms with Crippen molar-refractivity contribution in [2.75, 3.05) is 18.0 Å². The summed E-state index contributed by atoms with van der Waals surface area (Å²) in [5, 5.41) is 9.92. The van der Waals surface area contributed by atoms with Crippen molar-refractivity contribution in [1.29, 1.82) is 0 Å². The lowest BCUT2D eigenvalue weighted by Crippen LogP contribution is -2.39. The number of hydrogen-bond donors (Lipinski definition) is 1. The Morgan fingerprint density at radius 2 is 2.43 bits per heavy atom. The standard InChI is InChI=1S/C9H12ClN3O/c10-8-3-4-11-9(12-8)13-5-1-2-7(14)6-13/h3-4,7,14H,1-2,5-6H2. The highest BCUT2D eigenvalue weighted by atomic mass is 35.5. The van der Waals surface area contributed by atoms with E-state index < -0.39 is 0 Å². The Balaban J connectivity index is 2.14. The number of nitrogens with zero attached hydrogens (tertiary/aromatic N) is 3. The van der Waals surface area contributed by atoms with E-state index in [-0.39, 0.29) is 6.10 Å². The first-order valence-electron chi connectivity index (χ1n) is 4.67. The predicted molar refractivity (Wildman–Crippen MR) is 54.5 cm³/mol. The van der Waals surface area contributed by atoms with E-state index in [1.807, 2.05) is 4.90 Å². The van der Waals surface area contributed by atoms with Gasteiger partial charge in [0.2, 0.25) is 5.95 Å². The van der Waals surface area contributed by atoms with E-state index in [0.29, 0.717) is 17.6 Å². The third-order valence-electron chi connectivity index (χ3n) is 2.29. The Labute approximate surface area is 87.5 Å². The lowest BCUT2D eigenvalue weighted by molar-refractivity contribution is 0.153. The van der Waals surface area contributed by atoms with Crippen molar-refractivity contribution >= 4 is 17.5 Å². The van der Waals surface area contributed by atoms with Crippen LogP contribution in [0.25, 0.3) is 0 Å². The molecule has 2 rings (SSSR count). The molecule has 0 aromatic carbocycles. The minimum absolute atomic E-state index is 0.272. The quantitative estimate of drug-likeness (QED) is 0.710. The van der Waals surface area contributed by atoms with Crippen molar-refractivity contribution < 1.29 is 5.11 Å². The fraction of sp³-hybridized carbons (Fsp3) is 0.556. The molecule has 1 saturated heterocycles. The number of halogens is 1. The molecular formula is C9H12ClN3O. The van der Waals surface area contributed by atoms with Crippen LogP contribution in [0.4, 0.5) is 5.95 Å². The van der Waals surface area contributed by atoms with Crippen molar-refractivity contribution in [2.45, 2.75) is 18.9 Å². The second-order valence-electron chi connectivity index (χ2n) is 3.42. The third-order valence-corrected chi connectivity index (χ3v) is 2.50. The van der Waals surface area contributed by atoms with Gasteiger partial charge in [-0.05, 0) is 18.9 Å². The summed E-state index contributed by atoms with van der Waals surface area (Å²) >= 11 is 5.76. The van der Waals surface area contributed by atoms with Gasteiger partial charge < -0.3 is 10.0 Å². The predicted octanol–water partition coefficient (Wildman–Crippen LogP) is 1.09. The van der Waals surface area contributed by atoms with E-state index >= 15 is 0 Å². The monoisotopic (exact) mass is 213 g/mol. The van der Waals surface area contributed by atoms with E-state index in [2.05, 4.69) is 9.97 Å². The number of β-amino-alcohol motifs (C(OH)–C–C–N with tert-alkyl or cyclic N) is 1. The molecule has 0 amide bonds. The molecule has 1 atom stereocenters. The first kappa shape index (κ1) is 9.68. The van der Waals surface area contributed by atoms with E-state index in [9.17, 15) is 5.11 Å². The lowest BCUT2D eigenvalue weighted by Gasteiger charge is -2.29. The lowest BCUT2D eigenvalue weighted by atomic mass is 10.1. The average molecular weight is 214 g/mol. The Hall–Kier alpha value is -0.870. The third kappa shape index (κ3) is 2.13. The molecule has 1 N–H and O–H groups in total. The van der Waals surface area contributed by atoms with Crippen molar-refractivity contribution in [3.05, 3.63) is 17.4 Å². The van der Waals surface area contributed by atoms with Gasteiger partial charge in [-0.1, -0.05) is 11.6 Å². The van der Waals surface area contributed by atoms with Crippen LogP contribution in [0.3, 0.4) is 0 Å². The summed E-state index contributed by atoms with van der Waals surface area (Å²) in [6.45, 7) is 1.48. The Morgan fingerprint density at radius 3 is 3.14 bits per heavy atom. The summed E-state index contributed by atoms with van der Waals surface area (Å²) in [6.07, 6.45) is 3.19. The average Bonchev–Trinajstić information content (AvgIpc) is 2.18. The van der Waals surface area contributed by atoms with Gasteiger partial charge in [0.1, 0.15) is 5.15 Å². The van der Waals surface area contributed by atoms with Crippen LogP contribution < -0.4 is 4.90 Å². The fourth-order valence-corrected chi connectivity index (χ4v) is 1.75. The molecule has 1 aromatic heterocycles. The molecule has 0 aliphatic carbocycles. The van der Waals surface area contributed by atoms with Gasteiger partial charge in [-0.3, -0.25) is 0 Å². The van der Waals surface area contributed by atoms with E-state index in [1.54, 1.807) is 12.3 Å². The zero-order valence-corrected chi connectivity index (χ0v) is 8.48. The molecule has 1 aliphatic rings. The van der Waals surface area contributed by atoms with Crippen LogP contribution in [0.15, 0.2) is 12.3 Å². The summed E-state index contributed by atoms with van der Waals surface area (Å²) in [4.78, 5) is 10.2. The first-order chi connectivity index (χ1) is 6.75. The summed E-state index contributed by atoms with van der Waals surface area (Å²) in [6, 6.07) is 1.64. The van der Waals surface area contributed by atoms with Crippen LogP contribution in [0.1, 0.15) is 12.8 Å². The maximum atomic E-state index is 9.48. The molecule has 0 spiro atoms. The molecule has 76 valence electrons. The minimum atomic E-state index is -0.272. The van der Waals surface area contributed by atoms with Gasteiger partial charge in [0.15, 0.2) is 0 Å². The normalized spacial score (nSPS) is 22.4. The highest BCUT2D eigenvalue weighted by molar-refractivity contribution is 6.29.